The Kier molecular flexibility index (Phi) is 32.9. The molecule has 0 aliphatic carbocycles. The van der Waals surface area contributed by atoms with Crippen molar-refractivity contribution < 1.29 is 46.7 Å². The first-order chi connectivity index (χ1) is 25.6. The molecule has 8 aromatic carbocycles. The molecule has 0 saturated heterocycles. The third kappa shape index (κ3) is 20.4. The fourth-order valence-corrected chi connectivity index (χ4v) is 7.37. The smallest absolute Gasteiger partial charge is 0.147 e. The zero-order valence-electron chi connectivity index (χ0n) is 34.0. The number of fused-ring (bicyclic) bond motifs is 4. The summed E-state index contributed by atoms with van der Waals surface area (Å²) in [5, 5.41) is 10.5. The Morgan fingerprint density at radius 3 is 0.931 bits per heavy atom. The van der Waals surface area contributed by atoms with E-state index in [0.29, 0.717) is 11.8 Å². The maximum atomic E-state index is 3.56. The third-order valence-corrected chi connectivity index (χ3v) is 10.8. The molecule has 0 atom stereocenters. The first-order valence-electron chi connectivity index (χ1n) is 17.9. The summed E-state index contributed by atoms with van der Waals surface area (Å²) < 4.78 is 4.74. The van der Waals surface area contributed by atoms with Crippen LogP contribution in [-0.2, 0) is 46.7 Å². The second-order valence-electron chi connectivity index (χ2n) is 13.9. The second kappa shape index (κ2) is 31.4. The van der Waals surface area contributed by atoms with Crippen LogP contribution < -0.4 is 0 Å². The minimum absolute atomic E-state index is 0. The summed E-state index contributed by atoms with van der Waals surface area (Å²) in [5.41, 5.74) is 3.26. The molecule has 0 fully saturated rings. The maximum absolute atomic E-state index is 3.56. The molecule has 0 heterocycles. The Hall–Kier alpha value is 0.600. The zero-order valence-corrected chi connectivity index (χ0v) is 50.5. The van der Waals surface area contributed by atoms with Crippen LogP contribution in [0.15, 0.2) is 151 Å². The number of halogens is 8. The minimum Gasteiger partial charge on any atom is -0.147 e. The van der Waals surface area contributed by atoms with Crippen LogP contribution in [0, 0.1) is 0 Å². The molecule has 0 aliphatic rings. The first kappa shape index (κ1) is 60.7. The van der Waals surface area contributed by atoms with Crippen LogP contribution in [0.3, 0.4) is 0 Å². The van der Waals surface area contributed by atoms with E-state index in [1.165, 1.54) is 72.1 Å². The third-order valence-electron chi connectivity index (χ3n) is 8.02. The average Bonchev–Trinajstić information content (AvgIpc) is 3.92. The van der Waals surface area contributed by atoms with E-state index in [1.54, 1.807) is 46.7 Å². The molecule has 0 nitrogen and oxygen atoms in total. The van der Waals surface area contributed by atoms with Crippen LogP contribution in [0.4, 0.5) is 0 Å². The maximum Gasteiger partial charge on any atom is -0.147 e. The first-order valence-corrected chi connectivity index (χ1v) is 33.5. The topological polar surface area (TPSA) is 0 Å². The molecule has 0 N–H and O–H groups in total. The van der Waals surface area contributed by atoms with Gasteiger partial charge in [0.15, 0.2) is 0 Å². The summed E-state index contributed by atoms with van der Waals surface area (Å²) in [6.07, 6.45) is 0. The monoisotopic (exact) mass is 1300 g/mol. The van der Waals surface area contributed by atoms with E-state index < -0.39 is 0 Å². The zero-order chi connectivity index (χ0) is 39.9. The fraction of sp³-hybridized carbons (Fsp3) is 0.217. The predicted molar refractivity (Wildman–Crippen MR) is 281 cm³/mol. The molecule has 58 heavy (non-hydrogen) atoms. The minimum atomic E-state index is 0. The second-order valence-corrected chi connectivity index (χ2v) is 36.1. The molecule has 0 aromatic heterocycles. The van der Waals surface area contributed by atoms with Crippen LogP contribution in [0.25, 0.3) is 43.1 Å². The van der Waals surface area contributed by atoms with E-state index >= 15 is 0 Å². The largest absolute Gasteiger partial charge is 0.147 e. The van der Waals surface area contributed by atoms with E-state index in [1.807, 2.05) is 12.1 Å². The van der Waals surface area contributed by atoms with Crippen LogP contribution >= 0.6 is 113 Å². The number of benzene rings is 4. The van der Waals surface area contributed by atoms with Crippen molar-refractivity contribution in [3.05, 3.63) is 162 Å². The van der Waals surface area contributed by atoms with Gasteiger partial charge in [-0.25, -0.2) is 0 Å². The van der Waals surface area contributed by atoms with Gasteiger partial charge in [0.05, 0.1) is 0 Å². The summed E-state index contributed by atoms with van der Waals surface area (Å²) in [5.74, 6) is 1.22. The van der Waals surface area contributed by atoms with Crippen molar-refractivity contribution in [3.8, 4) is 0 Å². The van der Waals surface area contributed by atoms with Crippen molar-refractivity contribution in [2.75, 3.05) is 0 Å². The summed E-state index contributed by atoms with van der Waals surface area (Å²) in [7, 11) is 0. The Balaban J connectivity index is 0. The average molecular weight is 1300 g/mol. The molecule has 12 heteroatoms. The summed E-state index contributed by atoms with van der Waals surface area (Å²) in [6.45, 7) is 18.1. The van der Waals surface area contributed by atoms with Crippen molar-refractivity contribution >= 4 is 167 Å². The number of hydrogen-bond donors (Lipinski definition) is 0. The Bertz CT molecular complexity index is 2240. The molecule has 0 spiro atoms. The van der Waals surface area contributed by atoms with Crippen LogP contribution in [0.2, 0.25) is 26.2 Å². The van der Waals surface area contributed by atoms with E-state index in [2.05, 4.69) is 239 Å². The SMILES string of the molecule is Brc1cccc2[cH-]ccc12.Brc1cccc2[cH-]ccc12.CC(C)c1cc2c(Br)cccc2[cH-]1.CC(C)c1cc2c(Br)cccc2[cH-]1.C[Si](C)=[Zr+2].C[Si](C)=[Zr+2].Cl.Cl.Cl.Cl. The van der Waals surface area contributed by atoms with Gasteiger partial charge in [0.2, 0.25) is 0 Å². The summed E-state index contributed by atoms with van der Waals surface area (Å²) in [6, 6.07) is 46.7. The molecule has 8 rings (SSSR count). The van der Waals surface area contributed by atoms with Gasteiger partial charge in [-0.2, -0.15) is 36.4 Å². The van der Waals surface area contributed by atoms with Crippen molar-refractivity contribution in [2.45, 2.75) is 65.7 Å². The standard InChI is InChI=1S/2C12H12Br.2C9H6Br.2C2H6Si.4ClH.2Zr/c2*1-8(2)10-6-9-4-3-5-12(13)11(9)7-10;2*10-9-6-2-4-7-3-1-5-8(7)9;2*1-3-2;;;;;;/h2*3-8H,1-2H3;2*1-6H;2*1-2H3;4*1H;;/q4*-1;;;;;;;2*+2. The van der Waals surface area contributed by atoms with Gasteiger partial charge in [-0.1, -0.05) is 116 Å². The molecule has 0 radical (unpaired) electrons. The molecule has 0 aliphatic heterocycles. The van der Waals surface area contributed by atoms with Gasteiger partial charge in [-0.05, 0) is 29.7 Å². The molecular weight excluding hydrogens is 1250 g/mol. The van der Waals surface area contributed by atoms with Gasteiger partial charge in [0.25, 0.3) is 0 Å². The molecule has 0 saturated carbocycles. The van der Waals surface area contributed by atoms with Crippen molar-refractivity contribution in [3.63, 3.8) is 0 Å². The van der Waals surface area contributed by atoms with Gasteiger partial charge >= 0.3 is 83.7 Å². The van der Waals surface area contributed by atoms with Crippen LogP contribution in [0.1, 0.15) is 50.7 Å². The van der Waals surface area contributed by atoms with E-state index in [-0.39, 0.29) is 60.5 Å². The van der Waals surface area contributed by atoms with Gasteiger partial charge in [-0.15, -0.1) is 177 Å². The van der Waals surface area contributed by atoms with Gasteiger partial charge in [-0.3, -0.25) is 0 Å². The van der Waals surface area contributed by atoms with Crippen LogP contribution in [0.5, 0.6) is 0 Å². The van der Waals surface area contributed by atoms with Gasteiger partial charge < -0.3 is 0 Å². The van der Waals surface area contributed by atoms with Gasteiger partial charge in [0.1, 0.15) is 0 Å². The molecule has 308 valence electrons. The molecule has 0 unspecified atom stereocenters. The Morgan fingerprint density at radius 1 is 0.431 bits per heavy atom. The molecule has 0 amide bonds. The molecular formula is C46H52Br4Cl4Si2Zr2. The fourth-order valence-electron chi connectivity index (χ4n) is 5.35. The number of hydrogen-bond acceptors (Lipinski definition) is 0. The summed E-state index contributed by atoms with van der Waals surface area (Å²) >= 11 is 17.5. The van der Waals surface area contributed by atoms with Crippen molar-refractivity contribution in [1.29, 1.82) is 0 Å². The van der Waals surface area contributed by atoms with E-state index in [0.717, 1.165) is 0 Å². The normalized spacial score (nSPS) is 9.69. The van der Waals surface area contributed by atoms with Gasteiger partial charge in [0, 0.05) is 0 Å². The van der Waals surface area contributed by atoms with E-state index in [4.69, 9.17) is 0 Å². The Labute approximate surface area is 436 Å². The van der Waals surface area contributed by atoms with Crippen molar-refractivity contribution in [1.82, 2.24) is 0 Å². The Morgan fingerprint density at radius 2 is 0.690 bits per heavy atom. The number of rotatable bonds is 2. The predicted octanol–water partition coefficient (Wildman–Crippen LogP) is 18.8. The van der Waals surface area contributed by atoms with Crippen LogP contribution in [-0.4, -0.2) is 10.9 Å². The molecule has 0 bridgehead atoms. The summed E-state index contributed by atoms with van der Waals surface area (Å²) in [4.78, 5) is 0. The van der Waals surface area contributed by atoms with E-state index in [9.17, 15) is 0 Å². The van der Waals surface area contributed by atoms with Crippen molar-refractivity contribution in [2.24, 2.45) is 0 Å². The quantitative estimate of drug-likeness (QED) is 0.120. The molecule has 8 aromatic rings.